The van der Waals surface area contributed by atoms with Crippen LogP contribution < -0.4 is 10.6 Å². The second-order valence-corrected chi connectivity index (χ2v) is 6.58. The van der Waals surface area contributed by atoms with Gasteiger partial charge in [-0.15, -0.1) is 0 Å². The number of anilines is 2. The molecule has 0 aliphatic heterocycles. The molecule has 0 spiro atoms. The molecule has 8 nitrogen and oxygen atoms in total. The summed E-state index contributed by atoms with van der Waals surface area (Å²) >= 11 is 0. The van der Waals surface area contributed by atoms with Gasteiger partial charge in [0.2, 0.25) is 11.6 Å². The average molecular weight is 425 g/mol. The molecule has 1 aliphatic carbocycles. The maximum absolute atomic E-state index is 13.6. The maximum Gasteiger partial charge on any atom is 0.200 e. The van der Waals surface area contributed by atoms with Gasteiger partial charge < -0.3 is 30.6 Å². The first kappa shape index (κ1) is 10.8. The Morgan fingerprint density at radius 1 is 0.733 bits per heavy atom. The molecule has 0 unspecified atom stereocenters. The zero-order chi connectivity index (χ0) is 32.0. The highest BCUT2D eigenvalue weighted by Gasteiger charge is 2.37. The van der Waals surface area contributed by atoms with Crippen molar-refractivity contribution < 1.29 is 36.3 Å². The Labute approximate surface area is 193 Å². The molecule has 0 saturated heterocycles. The molecule has 30 heavy (non-hydrogen) atoms. The summed E-state index contributed by atoms with van der Waals surface area (Å²) in [6, 6.07) is 4.67. The van der Waals surface area contributed by atoms with Gasteiger partial charge in [0.25, 0.3) is 0 Å². The van der Waals surface area contributed by atoms with Crippen LogP contribution in [0.2, 0.25) is 0 Å². The van der Waals surface area contributed by atoms with Crippen LogP contribution in [0.25, 0.3) is 0 Å². The molecule has 0 saturated carbocycles. The first-order valence-corrected chi connectivity index (χ1v) is 8.91. The molecule has 2 aromatic rings. The highest BCUT2D eigenvalue weighted by Crippen LogP contribution is 2.42. The molecule has 0 heterocycles. The summed E-state index contributed by atoms with van der Waals surface area (Å²) in [6.45, 7) is -13.5. The van der Waals surface area contributed by atoms with Crippen molar-refractivity contribution in [1.29, 1.82) is 0 Å². The van der Waals surface area contributed by atoms with Crippen molar-refractivity contribution in [3.63, 3.8) is 0 Å². The Hall–Kier alpha value is -3.10. The maximum atomic E-state index is 13.6. The lowest BCUT2D eigenvalue weighted by atomic mass is 9.81. The second kappa shape index (κ2) is 8.73. The van der Waals surface area contributed by atoms with Crippen molar-refractivity contribution >= 4 is 22.9 Å². The lowest BCUT2D eigenvalue weighted by Gasteiger charge is -2.25. The van der Waals surface area contributed by atoms with Gasteiger partial charge in [-0.25, -0.2) is 0 Å². The number of carbonyl (C=O) groups excluding carboxylic acids is 2. The Morgan fingerprint density at radius 3 is 1.50 bits per heavy atom. The minimum atomic E-state index is -2.97. The fourth-order valence-electron chi connectivity index (χ4n) is 3.26. The number of likely N-dealkylation sites (N-methyl/N-ethyl adjacent to an activating group) is 2. The number of nitrogens with one attached hydrogen (secondary N) is 2. The molecule has 0 bridgehead atoms. The average Bonchev–Trinajstić information content (AvgIpc) is 2.81. The van der Waals surface area contributed by atoms with Crippen LogP contribution in [0.3, 0.4) is 0 Å². The smallest absolute Gasteiger partial charge is 0.200 e. The number of nitrogens with zero attached hydrogens (tertiary/aromatic N) is 2. The molecule has 3 rings (SSSR count). The summed E-state index contributed by atoms with van der Waals surface area (Å²) in [4.78, 5) is 27.8. The van der Waals surface area contributed by atoms with Crippen LogP contribution in [0.15, 0.2) is 24.3 Å². The third-order valence-electron chi connectivity index (χ3n) is 4.58. The molecule has 2 aromatic carbocycles. The number of aromatic hydroxyl groups is 2. The van der Waals surface area contributed by atoms with Gasteiger partial charge in [-0.05, 0) is 52.2 Å². The first-order chi connectivity index (χ1) is 19.1. The minimum Gasteiger partial charge on any atom is -0.507 e. The molecule has 8 heteroatoms. The normalized spacial score (nSPS) is 20.5. The van der Waals surface area contributed by atoms with E-state index in [0.29, 0.717) is 9.80 Å². The zero-order valence-electron chi connectivity index (χ0n) is 27.7. The SMILES string of the molecule is [2H]C([2H])([2H])N(CCNc1ccc(NCCN(C([2H])([2H])[2H])C([2H])([2H])[2H])c2c1C(=O)c1c(O)ccc(O)c1C2=O)C([2H])([2H])[2H]. The van der Waals surface area contributed by atoms with Gasteiger partial charge in [0.15, 0.2) is 0 Å². The molecule has 0 radical (unpaired) electrons. The highest BCUT2D eigenvalue weighted by molar-refractivity contribution is 6.33. The zero-order valence-corrected chi connectivity index (χ0v) is 15.7. The van der Waals surface area contributed by atoms with Crippen LogP contribution in [0.5, 0.6) is 11.5 Å². The van der Waals surface area contributed by atoms with Gasteiger partial charge in [-0.3, -0.25) is 9.59 Å². The molecule has 0 atom stereocenters. The van der Waals surface area contributed by atoms with E-state index < -0.39 is 75.2 Å². The van der Waals surface area contributed by atoms with Gasteiger partial charge in [0.05, 0.1) is 22.3 Å². The molecule has 1 aliphatic rings. The second-order valence-electron chi connectivity index (χ2n) is 6.58. The van der Waals surface area contributed by atoms with Crippen LogP contribution in [0.4, 0.5) is 11.4 Å². The first-order valence-electron chi connectivity index (χ1n) is 14.9. The Morgan fingerprint density at radius 2 is 1.13 bits per heavy atom. The minimum absolute atomic E-state index is 0.0232. The third kappa shape index (κ3) is 4.10. The number of carbonyl (C=O) groups is 2. The van der Waals surface area contributed by atoms with Crippen LogP contribution >= 0.6 is 0 Å². The van der Waals surface area contributed by atoms with E-state index in [1.165, 1.54) is 12.1 Å². The lowest BCUT2D eigenvalue weighted by Crippen LogP contribution is -2.27. The van der Waals surface area contributed by atoms with E-state index >= 15 is 0 Å². The molecular formula is C22H28N4O4. The van der Waals surface area contributed by atoms with E-state index in [-0.39, 0.29) is 35.6 Å². The van der Waals surface area contributed by atoms with E-state index in [0.717, 1.165) is 12.1 Å². The van der Waals surface area contributed by atoms with Crippen LogP contribution in [0.1, 0.15) is 48.3 Å². The van der Waals surface area contributed by atoms with Crippen molar-refractivity contribution in [3.8, 4) is 11.5 Å². The lowest BCUT2D eigenvalue weighted by molar-refractivity contribution is 0.0975. The van der Waals surface area contributed by atoms with Gasteiger partial charge in [-0.2, -0.15) is 0 Å². The van der Waals surface area contributed by atoms with Crippen molar-refractivity contribution in [3.05, 3.63) is 46.5 Å². The number of phenolic OH excluding ortho intramolecular Hbond substituents is 2. The van der Waals surface area contributed by atoms with E-state index in [4.69, 9.17) is 16.4 Å². The summed E-state index contributed by atoms with van der Waals surface area (Å²) in [6.07, 6.45) is 0. The Balaban J connectivity index is 2.02. The topological polar surface area (TPSA) is 105 Å². The number of phenols is 2. The third-order valence-corrected chi connectivity index (χ3v) is 4.58. The van der Waals surface area contributed by atoms with Gasteiger partial charge >= 0.3 is 0 Å². The molecule has 160 valence electrons. The summed E-state index contributed by atoms with van der Waals surface area (Å²) in [5, 5.41) is 26.3. The van der Waals surface area contributed by atoms with Crippen LogP contribution in [-0.2, 0) is 0 Å². The van der Waals surface area contributed by atoms with Gasteiger partial charge in [-0.1, -0.05) is 0 Å². The van der Waals surface area contributed by atoms with Gasteiger partial charge in [0.1, 0.15) is 11.5 Å². The van der Waals surface area contributed by atoms with E-state index in [1.807, 2.05) is 0 Å². The predicted octanol–water partition coefficient (Wildman–Crippen LogP) is 1.82. The summed E-state index contributed by atoms with van der Waals surface area (Å²) in [7, 11) is 0. The number of fused-ring (bicyclic) bond motifs is 2. The molecule has 0 aromatic heterocycles. The van der Waals surface area contributed by atoms with Crippen molar-refractivity contribution in [2.45, 2.75) is 0 Å². The van der Waals surface area contributed by atoms with Crippen molar-refractivity contribution in [2.24, 2.45) is 0 Å². The van der Waals surface area contributed by atoms with E-state index in [9.17, 15) is 19.8 Å². The number of ketones is 2. The molecule has 0 fully saturated rings. The molecule has 4 N–H and O–H groups in total. The largest absolute Gasteiger partial charge is 0.507 e. The van der Waals surface area contributed by atoms with E-state index in [1.54, 1.807) is 0 Å². The molecule has 0 amide bonds. The van der Waals surface area contributed by atoms with Crippen LogP contribution in [-0.4, -0.2) is 85.7 Å². The number of rotatable bonds is 8. The Kier molecular flexibility index (Phi) is 3.14. The monoisotopic (exact) mass is 424 g/mol. The highest BCUT2D eigenvalue weighted by atomic mass is 16.3. The number of hydrogen-bond donors (Lipinski definition) is 4. The van der Waals surface area contributed by atoms with Crippen molar-refractivity contribution in [2.75, 3.05) is 64.7 Å². The summed E-state index contributed by atoms with van der Waals surface area (Å²) in [5.74, 6) is -2.99. The number of benzene rings is 2. The molecular weight excluding hydrogens is 384 g/mol. The van der Waals surface area contributed by atoms with Gasteiger partial charge in [0, 0.05) is 54.0 Å². The fourth-order valence-corrected chi connectivity index (χ4v) is 3.26. The Bertz CT molecular complexity index is 1240. The van der Waals surface area contributed by atoms with Crippen LogP contribution in [0, 0.1) is 0 Å². The fraction of sp³-hybridized carbons (Fsp3) is 0.364. The predicted molar refractivity (Wildman–Crippen MR) is 117 cm³/mol. The quantitative estimate of drug-likeness (QED) is 0.406. The summed E-state index contributed by atoms with van der Waals surface area (Å²) in [5.41, 5.74) is -1.62. The van der Waals surface area contributed by atoms with E-state index in [2.05, 4.69) is 10.6 Å². The number of hydrogen-bond acceptors (Lipinski definition) is 8. The standard InChI is InChI=1S/C22H28N4O4/c1-25(2)11-9-23-13-5-6-14(24-10-12-26(3)4)18-17(13)21(29)19-15(27)7-8-16(28)20(19)22(18)30/h5-8,23-24,27-28H,9-12H2,1-4H3/i1D3,2D3,3D3,4D3. The summed E-state index contributed by atoms with van der Waals surface area (Å²) < 4.78 is 90.0. The van der Waals surface area contributed by atoms with Crippen molar-refractivity contribution in [1.82, 2.24) is 9.80 Å².